The molecule has 0 aliphatic carbocycles. The summed E-state index contributed by atoms with van der Waals surface area (Å²) in [5, 5.41) is 10.2. The topological polar surface area (TPSA) is 59.8 Å². The normalized spacial score (nSPS) is 10.4. The van der Waals surface area contributed by atoms with Crippen molar-refractivity contribution in [2.45, 2.75) is 6.54 Å². The third-order valence-electron chi connectivity index (χ3n) is 2.41. The molecule has 0 aliphatic rings. The van der Waals surface area contributed by atoms with Gasteiger partial charge >= 0.3 is 0 Å². The number of carbonyl (C=O) groups is 1. The number of nitrogens with zero attached hydrogens (tertiary/aromatic N) is 3. The van der Waals surface area contributed by atoms with Gasteiger partial charge in [-0.25, -0.2) is 4.39 Å². The lowest BCUT2D eigenvalue weighted by molar-refractivity contribution is 0.0948. The summed E-state index contributed by atoms with van der Waals surface area (Å²) in [6.45, 7) is 0.234. The molecular formula is C11H10BrFN4O. The summed E-state index contributed by atoms with van der Waals surface area (Å²) in [5.74, 6) is -0.221. The highest BCUT2D eigenvalue weighted by Gasteiger charge is 2.13. The second kappa shape index (κ2) is 5.26. The molecule has 2 aromatic rings. The Hall–Kier alpha value is -1.76. The molecule has 0 radical (unpaired) electrons. The third-order valence-corrected chi connectivity index (χ3v) is 3.21. The molecule has 1 aromatic heterocycles. The zero-order valence-corrected chi connectivity index (χ0v) is 11.1. The number of aromatic nitrogens is 3. The van der Waals surface area contributed by atoms with Crippen molar-refractivity contribution in [3.8, 4) is 0 Å². The molecule has 1 N–H and O–H groups in total. The van der Waals surface area contributed by atoms with Crippen molar-refractivity contribution in [3.05, 3.63) is 46.2 Å². The van der Waals surface area contributed by atoms with Crippen LogP contribution in [0.5, 0.6) is 0 Å². The number of nitrogens with one attached hydrogen (secondary N) is 1. The van der Waals surface area contributed by atoms with Crippen molar-refractivity contribution in [1.82, 2.24) is 20.1 Å². The molecule has 94 valence electrons. The first-order valence-electron chi connectivity index (χ1n) is 5.14. The van der Waals surface area contributed by atoms with Crippen molar-refractivity contribution < 1.29 is 9.18 Å². The van der Waals surface area contributed by atoms with Crippen LogP contribution in [0.2, 0.25) is 0 Å². The van der Waals surface area contributed by atoms with Gasteiger partial charge in [0.05, 0.1) is 16.6 Å². The molecule has 1 aromatic carbocycles. The van der Waals surface area contributed by atoms with E-state index in [2.05, 4.69) is 31.4 Å². The van der Waals surface area contributed by atoms with E-state index in [1.54, 1.807) is 24.0 Å². The van der Waals surface area contributed by atoms with Gasteiger partial charge < -0.3 is 9.88 Å². The van der Waals surface area contributed by atoms with Crippen molar-refractivity contribution in [2.24, 2.45) is 7.05 Å². The summed E-state index contributed by atoms with van der Waals surface area (Å²) in [6, 6.07) is 4.31. The van der Waals surface area contributed by atoms with Gasteiger partial charge in [0.25, 0.3) is 5.91 Å². The Kier molecular flexibility index (Phi) is 3.71. The molecule has 2 rings (SSSR count). The summed E-state index contributed by atoms with van der Waals surface area (Å²) in [4.78, 5) is 11.9. The molecule has 5 nitrogen and oxygen atoms in total. The molecule has 0 aliphatic heterocycles. The summed E-state index contributed by atoms with van der Waals surface area (Å²) < 4.78 is 15.1. The van der Waals surface area contributed by atoms with Crippen LogP contribution in [0.25, 0.3) is 0 Å². The van der Waals surface area contributed by atoms with Crippen LogP contribution >= 0.6 is 15.9 Å². The Balaban J connectivity index is 2.09. The molecule has 0 unspecified atom stereocenters. The van der Waals surface area contributed by atoms with Gasteiger partial charge in [-0.2, -0.15) is 0 Å². The Morgan fingerprint density at radius 2 is 2.33 bits per heavy atom. The number of amides is 1. The zero-order valence-electron chi connectivity index (χ0n) is 9.52. The number of halogens is 2. The van der Waals surface area contributed by atoms with Crippen LogP contribution in [-0.4, -0.2) is 20.7 Å². The zero-order chi connectivity index (χ0) is 13.1. The molecule has 1 heterocycles. The lowest BCUT2D eigenvalue weighted by Gasteiger charge is -2.06. The number of benzene rings is 1. The lowest BCUT2D eigenvalue weighted by Crippen LogP contribution is -2.24. The predicted octanol–water partition coefficient (Wildman–Crippen LogP) is 1.65. The fourth-order valence-electron chi connectivity index (χ4n) is 1.40. The smallest absolute Gasteiger partial charge is 0.252 e. The van der Waals surface area contributed by atoms with E-state index in [0.29, 0.717) is 5.82 Å². The Morgan fingerprint density at radius 1 is 1.56 bits per heavy atom. The highest BCUT2D eigenvalue weighted by molar-refractivity contribution is 9.10. The minimum absolute atomic E-state index is 0.153. The molecule has 7 heteroatoms. The number of hydrogen-bond donors (Lipinski definition) is 1. The highest BCUT2D eigenvalue weighted by Crippen LogP contribution is 2.20. The number of carbonyl (C=O) groups excluding carboxylic acids is 1. The average Bonchev–Trinajstić information content (AvgIpc) is 2.75. The Morgan fingerprint density at radius 3 is 3.00 bits per heavy atom. The molecule has 0 saturated carbocycles. The molecule has 0 saturated heterocycles. The fraction of sp³-hybridized carbons (Fsp3) is 0.182. The molecule has 0 bridgehead atoms. The standard InChI is InChI=1S/C11H10BrFN4O/c1-17-6-15-16-9(17)5-14-11(18)7-3-2-4-8(13)10(7)12/h2-4,6H,5H2,1H3,(H,14,18). The maximum Gasteiger partial charge on any atom is 0.252 e. The maximum absolute atomic E-state index is 13.3. The van der Waals surface area contributed by atoms with Crippen LogP contribution in [0.1, 0.15) is 16.2 Å². The first-order valence-corrected chi connectivity index (χ1v) is 5.94. The quantitative estimate of drug-likeness (QED) is 0.937. The van der Waals surface area contributed by atoms with Crippen LogP contribution in [0.4, 0.5) is 4.39 Å². The van der Waals surface area contributed by atoms with Crippen LogP contribution in [0.3, 0.4) is 0 Å². The van der Waals surface area contributed by atoms with E-state index in [1.165, 1.54) is 12.1 Å². The van der Waals surface area contributed by atoms with Crippen LogP contribution in [0, 0.1) is 5.82 Å². The minimum atomic E-state index is -0.471. The van der Waals surface area contributed by atoms with E-state index in [-0.39, 0.29) is 22.5 Å². The van der Waals surface area contributed by atoms with E-state index in [0.717, 1.165) is 0 Å². The largest absolute Gasteiger partial charge is 0.345 e. The second-order valence-electron chi connectivity index (χ2n) is 3.64. The summed E-state index contributed by atoms with van der Waals surface area (Å²) in [6.07, 6.45) is 1.54. The van der Waals surface area contributed by atoms with Gasteiger partial charge in [0, 0.05) is 7.05 Å². The van der Waals surface area contributed by atoms with Crippen LogP contribution < -0.4 is 5.32 Å². The molecule has 0 spiro atoms. The van der Waals surface area contributed by atoms with Gasteiger partial charge in [-0.05, 0) is 28.1 Å². The molecule has 0 fully saturated rings. The number of rotatable bonds is 3. The lowest BCUT2D eigenvalue weighted by atomic mass is 10.2. The van der Waals surface area contributed by atoms with E-state index in [4.69, 9.17) is 0 Å². The second-order valence-corrected chi connectivity index (χ2v) is 4.44. The maximum atomic E-state index is 13.3. The molecule has 18 heavy (non-hydrogen) atoms. The van der Waals surface area contributed by atoms with E-state index >= 15 is 0 Å². The van der Waals surface area contributed by atoms with Gasteiger partial charge in [0.1, 0.15) is 12.1 Å². The van der Waals surface area contributed by atoms with Gasteiger partial charge in [0.2, 0.25) is 0 Å². The first-order chi connectivity index (χ1) is 8.59. The first kappa shape index (κ1) is 12.7. The van der Waals surface area contributed by atoms with E-state index in [1.807, 2.05) is 0 Å². The molecule has 1 amide bonds. The third kappa shape index (κ3) is 2.56. The summed E-state index contributed by atoms with van der Waals surface area (Å²) >= 11 is 3.04. The van der Waals surface area contributed by atoms with E-state index in [9.17, 15) is 9.18 Å². The summed E-state index contributed by atoms with van der Waals surface area (Å²) in [7, 11) is 1.78. The van der Waals surface area contributed by atoms with Crippen molar-refractivity contribution in [2.75, 3.05) is 0 Å². The van der Waals surface area contributed by atoms with Crippen molar-refractivity contribution >= 4 is 21.8 Å². The van der Waals surface area contributed by atoms with Gasteiger partial charge in [-0.3, -0.25) is 4.79 Å². The van der Waals surface area contributed by atoms with Gasteiger partial charge in [0.15, 0.2) is 5.82 Å². The number of aryl methyl sites for hydroxylation is 1. The van der Waals surface area contributed by atoms with Crippen molar-refractivity contribution in [3.63, 3.8) is 0 Å². The number of hydrogen-bond acceptors (Lipinski definition) is 3. The monoisotopic (exact) mass is 312 g/mol. The van der Waals surface area contributed by atoms with Crippen LogP contribution in [-0.2, 0) is 13.6 Å². The fourth-order valence-corrected chi connectivity index (χ4v) is 1.85. The minimum Gasteiger partial charge on any atom is -0.345 e. The average molecular weight is 313 g/mol. The highest BCUT2D eigenvalue weighted by atomic mass is 79.9. The van der Waals surface area contributed by atoms with Crippen LogP contribution in [0.15, 0.2) is 29.0 Å². The van der Waals surface area contributed by atoms with E-state index < -0.39 is 5.82 Å². The van der Waals surface area contributed by atoms with Gasteiger partial charge in [-0.15, -0.1) is 10.2 Å². The molecular weight excluding hydrogens is 303 g/mol. The predicted molar refractivity (Wildman–Crippen MR) is 66.3 cm³/mol. The van der Waals surface area contributed by atoms with Gasteiger partial charge in [-0.1, -0.05) is 6.07 Å². The Labute approximate surface area is 111 Å². The van der Waals surface area contributed by atoms with Crippen molar-refractivity contribution in [1.29, 1.82) is 0 Å². The SMILES string of the molecule is Cn1cnnc1CNC(=O)c1cccc(F)c1Br. The summed E-state index contributed by atoms with van der Waals surface area (Å²) in [5.41, 5.74) is 0.247. The Bertz CT molecular complexity index is 584. The molecule has 0 atom stereocenters.